The number of phenols is 1. The molecule has 1 aromatic rings. The minimum absolute atomic E-state index is 0.125. The zero-order valence-electron chi connectivity index (χ0n) is 17.8. The standard InChI is InChI=1S/C26H37NO2/c1-2-3-4-5-6-7-8-9-10-11-12-13-14-15-16-23(19-22-26(27)29)24-17-20-25(28)21-18-24/h6-7,9-10,12-13,15-18,20-21,23,28H,2-5,8,11,14,19,22H2,1H3,(H2,27,29)/b7-6-,10-9-,13-12-,16-15-. The lowest BCUT2D eigenvalue weighted by Gasteiger charge is -2.12. The van der Waals surface area contributed by atoms with Gasteiger partial charge in [-0.2, -0.15) is 0 Å². The van der Waals surface area contributed by atoms with Gasteiger partial charge in [0.2, 0.25) is 5.91 Å². The lowest BCUT2D eigenvalue weighted by molar-refractivity contribution is -0.118. The van der Waals surface area contributed by atoms with E-state index in [1.807, 2.05) is 12.1 Å². The fourth-order valence-electron chi connectivity index (χ4n) is 2.98. The highest BCUT2D eigenvalue weighted by Crippen LogP contribution is 2.24. The van der Waals surface area contributed by atoms with E-state index in [1.165, 1.54) is 25.7 Å². The maximum atomic E-state index is 11.1. The molecule has 0 bridgehead atoms. The van der Waals surface area contributed by atoms with Crippen molar-refractivity contribution in [3.8, 4) is 5.75 Å². The van der Waals surface area contributed by atoms with Gasteiger partial charge >= 0.3 is 0 Å². The molecule has 3 heteroatoms. The first-order chi connectivity index (χ1) is 14.1. The van der Waals surface area contributed by atoms with E-state index in [0.717, 1.165) is 24.8 Å². The molecule has 1 unspecified atom stereocenters. The van der Waals surface area contributed by atoms with Gasteiger partial charge in [-0.25, -0.2) is 0 Å². The fraction of sp³-hybridized carbons (Fsp3) is 0.423. The predicted octanol–water partition coefficient (Wildman–Crippen LogP) is 6.72. The molecular weight excluding hydrogens is 358 g/mol. The normalized spacial score (nSPS) is 13.3. The highest BCUT2D eigenvalue weighted by Gasteiger charge is 2.09. The topological polar surface area (TPSA) is 63.3 Å². The van der Waals surface area contributed by atoms with Crippen LogP contribution < -0.4 is 5.73 Å². The van der Waals surface area contributed by atoms with Crippen molar-refractivity contribution in [1.29, 1.82) is 0 Å². The summed E-state index contributed by atoms with van der Waals surface area (Å²) in [4.78, 5) is 11.1. The number of hydrogen-bond acceptors (Lipinski definition) is 2. The van der Waals surface area contributed by atoms with E-state index in [2.05, 4.69) is 55.5 Å². The predicted molar refractivity (Wildman–Crippen MR) is 124 cm³/mol. The summed E-state index contributed by atoms with van der Waals surface area (Å²) >= 11 is 0. The number of rotatable bonds is 15. The van der Waals surface area contributed by atoms with Crippen molar-refractivity contribution >= 4 is 5.91 Å². The molecule has 0 saturated heterocycles. The number of primary amides is 1. The molecule has 0 saturated carbocycles. The van der Waals surface area contributed by atoms with E-state index >= 15 is 0 Å². The Labute approximate surface area is 176 Å². The molecule has 0 aliphatic rings. The van der Waals surface area contributed by atoms with Gasteiger partial charge in [-0.05, 0) is 56.2 Å². The van der Waals surface area contributed by atoms with Crippen molar-refractivity contribution in [2.45, 2.75) is 70.6 Å². The zero-order valence-corrected chi connectivity index (χ0v) is 17.8. The van der Waals surface area contributed by atoms with Gasteiger partial charge in [0.15, 0.2) is 0 Å². The minimum Gasteiger partial charge on any atom is -0.508 e. The van der Waals surface area contributed by atoms with Gasteiger partial charge in [-0.15, -0.1) is 0 Å². The molecular formula is C26H37NO2. The molecule has 1 rings (SSSR count). The second-order valence-electron chi connectivity index (χ2n) is 7.25. The molecule has 0 fully saturated rings. The smallest absolute Gasteiger partial charge is 0.217 e. The number of phenolic OH excluding ortho intramolecular Hbond substituents is 1. The zero-order chi connectivity index (χ0) is 21.2. The number of nitrogens with two attached hydrogens (primary N) is 1. The molecule has 1 amide bonds. The fourth-order valence-corrected chi connectivity index (χ4v) is 2.98. The number of amides is 1. The summed E-state index contributed by atoms with van der Waals surface area (Å²) in [6.45, 7) is 2.23. The summed E-state index contributed by atoms with van der Waals surface area (Å²) in [7, 11) is 0. The molecule has 0 aliphatic carbocycles. The lowest BCUT2D eigenvalue weighted by atomic mass is 9.93. The highest BCUT2D eigenvalue weighted by atomic mass is 16.3. The highest BCUT2D eigenvalue weighted by molar-refractivity contribution is 5.73. The second kappa shape index (κ2) is 16.4. The van der Waals surface area contributed by atoms with Crippen LogP contribution in [0.15, 0.2) is 72.9 Å². The van der Waals surface area contributed by atoms with E-state index in [4.69, 9.17) is 5.73 Å². The Bertz CT molecular complexity index is 668. The summed E-state index contributed by atoms with van der Waals surface area (Å²) in [6.07, 6.45) is 26.4. The van der Waals surface area contributed by atoms with Crippen LogP contribution in [0.1, 0.15) is 76.2 Å². The van der Waals surface area contributed by atoms with Crippen molar-refractivity contribution in [2.75, 3.05) is 0 Å². The van der Waals surface area contributed by atoms with Crippen molar-refractivity contribution in [3.05, 3.63) is 78.4 Å². The van der Waals surface area contributed by atoms with Crippen LogP contribution in [0, 0.1) is 0 Å². The molecule has 1 atom stereocenters. The van der Waals surface area contributed by atoms with Crippen molar-refractivity contribution in [1.82, 2.24) is 0 Å². The Hall–Kier alpha value is -2.55. The number of unbranched alkanes of at least 4 members (excludes halogenated alkanes) is 3. The molecule has 0 radical (unpaired) electrons. The van der Waals surface area contributed by atoms with Crippen LogP contribution in [-0.4, -0.2) is 11.0 Å². The third-order valence-electron chi connectivity index (χ3n) is 4.68. The molecule has 158 valence electrons. The Balaban J connectivity index is 2.33. The molecule has 0 heterocycles. The summed E-state index contributed by atoms with van der Waals surface area (Å²) in [6, 6.07) is 7.13. The maximum absolute atomic E-state index is 11.1. The molecule has 29 heavy (non-hydrogen) atoms. The molecule has 3 nitrogen and oxygen atoms in total. The summed E-state index contributed by atoms with van der Waals surface area (Å²) < 4.78 is 0. The summed E-state index contributed by atoms with van der Waals surface area (Å²) in [5, 5.41) is 9.45. The first-order valence-electron chi connectivity index (χ1n) is 10.8. The van der Waals surface area contributed by atoms with Gasteiger partial charge in [-0.3, -0.25) is 4.79 Å². The quantitative estimate of drug-likeness (QED) is 0.256. The summed E-state index contributed by atoms with van der Waals surface area (Å²) in [5.41, 5.74) is 6.38. The van der Waals surface area contributed by atoms with E-state index in [0.29, 0.717) is 12.8 Å². The van der Waals surface area contributed by atoms with Crippen LogP contribution >= 0.6 is 0 Å². The van der Waals surface area contributed by atoms with Gasteiger partial charge in [-0.1, -0.05) is 80.5 Å². The van der Waals surface area contributed by atoms with Gasteiger partial charge in [0, 0.05) is 12.3 Å². The maximum Gasteiger partial charge on any atom is 0.217 e. The van der Waals surface area contributed by atoms with Gasteiger partial charge in [0.25, 0.3) is 0 Å². The number of hydrogen-bond donors (Lipinski definition) is 2. The first kappa shape index (κ1) is 24.5. The van der Waals surface area contributed by atoms with Crippen LogP contribution in [0.25, 0.3) is 0 Å². The number of carbonyl (C=O) groups is 1. The Morgan fingerprint density at radius 1 is 0.931 bits per heavy atom. The minimum atomic E-state index is -0.287. The monoisotopic (exact) mass is 395 g/mol. The first-order valence-corrected chi connectivity index (χ1v) is 10.8. The van der Waals surface area contributed by atoms with E-state index in [-0.39, 0.29) is 17.6 Å². The van der Waals surface area contributed by atoms with Gasteiger partial charge < -0.3 is 10.8 Å². The molecule has 1 aromatic carbocycles. The molecule has 0 aromatic heterocycles. The van der Waals surface area contributed by atoms with Gasteiger partial charge in [0.1, 0.15) is 5.75 Å². The van der Waals surface area contributed by atoms with Crippen molar-refractivity contribution < 1.29 is 9.90 Å². The average molecular weight is 396 g/mol. The number of carbonyl (C=O) groups excluding carboxylic acids is 1. The number of benzene rings is 1. The van der Waals surface area contributed by atoms with E-state index in [9.17, 15) is 9.90 Å². The largest absolute Gasteiger partial charge is 0.508 e. The molecule has 0 aliphatic heterocycles. The van der Waals surface area contributed by atoms with Crippen molar-refractivity contribution in [3.63, 3.8) is 0 Å². The van der Waals surface area contributed by atoms with Gasteiger partial charge in [0.05, 0.1) is 0 Å². The number of aromatic hydroxyl groups is 1. The Morgan fingerprint density at radius 2 is 1.52 bits per heavy atom. The SMILES string of the molecule is CCCCC/C=C\C/C=C\C/C=C\C/C=C\C(CCC(N)=O)c1ccc(O)cc1. The van der Waals surface area contributed by atoms with Crippen LogP contribution in [-0.2, 0) is 4.79 Å². The molecule has 3 N–H and O–H groups in total. The van der Waals surface area contributed by atoms with Crippen LogP contribution in [0.3, 0.4) is 0 Å². The second-order valence-corrected chi connectivity index (χ2v) is 7.25. The Morgan fingerprint density at radius 3 is 2.10 bits per heavy atom. The number of allylic oxidation sites excluding steroid dienone is 8. The van der Waals surface area contributed by atoms with Crippen LogP contribution in [0.5, 0.6) is 5.75 Å². The molecule has 0 spiro atoms. The third kappa shape index (κ3) is 13.3. The van der Waals surface area contributed by atoms with Crippen LogP contribution in [0.2, 0.25) is 0 Å². The van der Waals surface area contributed by atoms with E-state index < -0.39 is 0 Å². The third-order valence-corrected chi connectivity index (χ3v) is 4.68. The Kier molecular flexibility index (Phi) is 13.9. The van der Waals surface area contributed by atoms with Crippen molar-refractivity contribution in [2.24, 2.45) is 5.73 Å². The summed E-state index contributed by atoms with van der Waals surface area (Å²) in [5.74, 6) is 0.0829. The average Bonchev–Trinajstić information content (AvgIpc) is 2.71. The van der Waals surface area contributed by atoms with E-state index in [1.54, 1.807) is 12.1 Å². The lowest BCUT2D eigenvalue weighted by Crippen LogP contribution is -2.11. The van der Waals surface area contributed by atoms with Crippen LogP contribution in [0.4, 0.5) is 0 Å².